The van der Waals surface area contributed by atoms with Crippen molar-refractivity contribution in [3.8, 4) is 33.8 Å². The van der Waals surface area contributed by atoms with Crippen molar-refractivity contribution in [2.75, 3.05) is 0 Å². The van der Waals surface area contributed by atoms with Gasteiger partial charge in [-0.3, -0.25) is 15.0 Å². The third-order valence-corrected chi connectivity index (χ3v) is 18.5. The van der Waals surface area contributed by atoms with Gasteiger partial charge in [-0.15, -0.1) is 0 Å². The summed E-state index contributed by atoms with van der Waals surface area (Å²) in [6.45, 7) is 82.3. The second-order valence-electron chi connectivity index (χ2n) is 25.3. The highest BCUT2D eigenvalue weighted by Crippen LogP contribution is 2.24. The maximum Gasteiger partial charge on any atom is 0.159 e. The summed E-state index contributed by atoms with van der Waals surface area (Å²) in [5.41, 5.74) is 25.9. The number of fused-ring (bicyclic) bond motifs is 3. The SMILES string of the molecule is CC.CC.CC.CC.CC.CC.CC.CC.CC.CC.CC.CC.CC.CCc1ccc(-c2ccc(CC)cc2)cc1.CCc1ccc(-c2ccc(CC)cn2)cc1.CCc1ccc(-c2ncc(CC)cn2)cc1.CCc1ccc(CC)cc1.CCc1ccc2cc(CC)ccc2c1.CCc1ccc2cc(CC)ncc2c1.CCc1cnc2cc(CC)ccc2c1. The maximum absolute atomic E-state index is 4.48. The number of hydrogen-bond donors (Lipinski definition) is 0. The predicted octanol–water partition coefficient (Wildman–Crippen LogP) is 38.5. The molecule has 0 fully saturated rings. The van der Waals surface area contributed by atoms with Crippen molar-refractivity contribution >= 4 is 32.4 Å². The molecule has 13 rings (SSSR count). The van der Waals surface area contributed by atoms with Crippen LogP contribution in [0.5, 0.6) is 0 Å². The van der Waals surface area contributed by atoms with Gasteiger partial charge in [0.1, 0.15) is 0 Å². The van der Waals surface area contributed by atoms with Crippen LogP contribution in [0.1, 0.15) is 355 Å². The van der Waals surface area contributed by atoms with Crippen LogP contribution in [0.3, 0.4) is 0 Å². The summed E-state index contributed by atoms with van der Waals surface area (Å²) < 4.78 is 0. The van der Waals surface area contributed by atoms with Gasteiger partial charge in [-0.2, -0.15) is 0 Å². The Bertz CT molecular complexity index is 3750. The molecule has 0 atom stereocenters. The van der Waals surface area contributed by atoms with Gasteiger partial charge in [0.05, 0.1) is 11.2 Å². The summed E-state index contributed by atoms with van der Waals surface area (Å²) in [7, 11) is 0. The monoisotopic (exact) mass is 1710 g/mol. The number of rotatable bonds is 17. The molecule has 0 spiro atoms. The summed E-state index contributed by atoms with van der Waals surface area (Å²) in [4.78, 5) is 22.1. The molecule has 0 saturated carbocycles. The smallest absolute Gasteiger partial charge is 0.159 e. The van der Waals surface area contributed by atoms with Crippen LogP contribution in [0, 0.1) is 0 Å². The molecule has 5 nitrogen and oxygen atoms in total. The lowest BCUT2D eigenvalue weighted by Crippen LogP contribution is -1.91. The first-order valence-electron chi connectivity index (χ1n) is 50.3. The Morgan fingerprint density at radius 2 is 0.389 bits per heavy atom. The summed E-state index contributed by atoms with van der Waals surface area (Å²) in [5, 5.41) is 6.53. The highest BCUT2D eigenvalue weighted by molar-refractivity contribution is 5.84. The average molecular weight is 1710 g/mol. The Labute approximate surface area is 780 Å². The van der Waals surface area contributed by atoms with Crippen molar-refractivity contribution in [2.24, 2.45) is 0 Å². The molecule has 698 valence electrons. The number of benzene rings is 9. The van der Waals surface area contributed by atoms with Gasteiger partial charge in [-0.25, -0.2) is 9.97 Å². The second kappa shape index (κ2) is 91.5. The van der Waals surface area contributed by atoms with E-state index in [0.29, 0.717) is 0 Å². The maximum atomic E-state index is 4.48. The summed E-state index contributed by atoms with van der Waals surface area (Å²) >= 11 is 0. The van der Waals surface area contributed by atoms with E-state index in [2.05, 4.69) is 340 Å². The fourth-order valence-electron chi connectivity index (χ4n) is 11.2. The lowest BCUT2D eigenvalue weighted by atomic mass is 10.0. The van der Waals surface area contributed by atoms with Crippen LogP contribution in [-0.2, 0) is 89.9 Å². The van der Waals surface area contributed by atoms with Crippen LogP contribution in [0.4, 0.5) is 0 Å². The van der Waals surface area contributed by atoms with E-state index < -0.39 is 0 Å². The summed E-state index contributed by atoms with van der Waals surface area (Å²) in [6, 6.07) is 78.8. The third kappa shape index (κ3) is 53.0. The Balaban J connectivity index is -0.000000251. The zero-order valence-corrected chi connectivity index (χ0v) is 88.8. The molecular weight excluding hydrogens is 1520 g/mol. The van der Waals surface area contributed by atoms with Crippen molar-refractivity contribution in [1.29, 1.82) is 0 Å². The van der Waals surface area contributed by atoms with E-state index in [-0.39, 0.29) is 0 Å². The fourth-order valence-corrected chi connectivity index (χ4v) is 11.2. The first-order chi connectivity index (χ1) is 61.8. The quantitative estimate of drug-likeness (QED) is 0.0909. The van der Waals surface area contributed by atoms with Gasteiger partial charge in [0, 0.05) is 58.6 Å². The second-order valence-corrected chi connectivity index (χ2v) is 25.3. The highest BCUT2D eigenvalue weighted by atomic mass is 14.9. The molecule has 4 heterocycles. The highest BCUT2D eigenvalue weighted by Gasteiger charge is 2.05. The lowest BCUT2D eigenvalue weighted by Gasteiger charge is -2.04. The molecular formula is C121H189N5. The third-order valence-electron chi connectivity index (χ3n) is 18.5. The summed E-state index contributed by atoms with van der Waals surface area (Å²) in [5.74, 6) is 0.805. The van der Waals surface area contributed by atoms with Crippen molar-refractivity contribution < 1.29 is 0 Å². The molecule has 5 heteroatoms. The number of aryl methyl sites for hydroxylation is 14. The normalized spacial score (nSPS) is 8.92. The number of pyridine rings is 3. The van der Waals surface area contributed by atoms with Crippen LogP contribution in [0.2, 0.25) is 0 Å². The van der Waals surface area contributed by atoms with Crippen molar-refractivity contribution in [2.45, 2.75) is 367 Å². The van der Waals surface area contributed by atoms with Gasteiger partial charge >= 0.3 is 0 Å². The van der Waals surface area contributed by atoms with Crippen LogP contribution in [-0.4, -0.2) is 24.9 Å². The summed E-state index contributed by atoms with van der Waals surface area (Å²) in [6.07, 6.45) is 24.8. The minimum absolute atomic E-state index is 0.805. The number of nitrogens with zero attached hydrogens (tertiary/aromatic N) is 5. The molecule has 4 aromatic heterocycles. The zero-order valence-electron chi connectivity index (χ0n) is 88.8. The predicted molar refractivity (Wildman–Crippen MR) is 582 cm³/mol. The van der Waals surface area contributed by atoms with Gasteiger partial charge in [-0.1, -0.05) is 465 Å². The largest absolute Gasteiger partial charge is 0.261 e. The molecule has 9 aromatic carbocycles. The van der Waals surface area contributed by atoms with Crippen LogP contribution >= 0.6 is 0 Å². The number of aromatic nitrogens is 5. The minimum Gasteiger partial charge on any atom is -0.261 e. The van der Waals surface area contributed by atoms with Gasteiger partial charge in [-0.05, 0) is 220 Å². The Morgan fingerprint density at radius 1 is 0.151 bits per heavy atom. The van der Waals surface area contributed by atoms with Crippen molar-refractivity contribution in [1.82, 2.24) is 24.9 Å². The Hall–Kier alpha value is -9.71. The molecule has 0 saturated heterocycles. The molecule has 0 aliphatic heterocycles. The van der Waals surface area contributed by atoms with Gasteiger partial charge in [0.15, 0.2) is 5.82 Å². The van der Waals surface area contributed by atoms with Crippen LogP contribution < -0.4 is 0 Å². The Kier molecular flexibility index (Phi) is 94.0. The van der Waals surface area contributed by atoms with Crippen molar-refractivity contribution in [3.63, 3.8) is 0 Å². The van der Waals surface area contributed by atoms with E-state index >= 15 is 0 Å². The van der Waals surface area contributed by atoms with E-state index in [1.807, 2.05) is 211 Å². The van der Waals surface area contributed by atoms with E-state index in [4.69, 9.17) is 0 Å². The standard InChI is InChI=1S/C16H18.C15H17N.C14H16N2.C14H16.2C13H15N.C10H14.13C2H6/c1-3-13-5-9-15(10-6-13)16-11-7-14(4-2)8-12-16;1-3-12-5-8-14(9-6-12)15-10-7-13(4-2)11-16-15;1-3-11-5-7-13(8-6-11)14-15-9-12(4-2)10-16-14;1-3-11-5-7-14-10-12(4-2)6-8-13(14)9-11;1-3-10-5-6-12-7-11(4-2)9-14-13(12)8-10;1-3-10-5-6-11-8-13(4-2)14-9-12(11)7-10;1-3-9-5-7-10(4-2)8-6-9;13*1-2/h5-12H,3-4H2,1-2H3;5-11H,3-4H2,1-2H3;5-10H,3-4H2,1-2H3;5-10H,3-4H2,1-2H3;2*5-9H,3-4H2,1-2H3;5-8H,3-4H2,1-2H3;13*1-2H3. The molecule has 0 amide bonds. The molecule has 0 unspecified atom stereocenters. The zero-order chi connectivity index (χ0) is 97.4. The van der Waals surface area contributed by atoms with Gasteiger partial charge < -0.3 is 0 Å². The molecule has 0 aliphatic carbocycles. The lowest BCUT2D eigenvalue weighted by molar-refractivity contribution is 1.04. The van der Waals surface area contributed by atoms with E-state index in [0.717, 1.165) is 112 Å². The van der Waals surface area contributed by atoms with Crippen LogP contribution in [0.25, 0.3) is 66.2 Å². The molecule has 0 N–H and O–H groups in total. The molecule has 126 heavy (non-hydrogen) atoms. The first-order valence-corrected chi connectivity index (χ1v) is 50.3. The van der Waals surface area contributed by atoms with E-state index in [9.17, 15) is 0 Å². The van der Waals surface area contributed by atoms with E-state index in [1.54, 1.807) is 0 Å². The van der Waals surface area contributed by atoms with E-state index in [1.165, 1.54) is 122 Å². The molecule has 0 bridgehead atoms. The van der Waals surface area contributed by atoms with Crippen LogP contribution in [0.15, 0.2) is 249 Å². The van der Waals surface area contributed by atoms with Gasteiger partial charge in [0.2, 0.25) is 0 Å². The molecule has 13 aromatic rings. The number of hydrogen-bond acceptors (Lipinski definition) is 5. The molecule has 0 radical (unpaired) electrons. The van der Waals surface area contributed by atoms with Crippen molar-refractivity contribution in [3.05, 3.63) is 327 Å². The Morgan fingerprint density at radius 3 is 0.690 bits per heavy atom. The average Bonchev–Trinajstić information content (AvgIpc) is 0.877. The topological polar surface area (TPSA) is 64.5 Å². The minimum atomic E-state index is 0.805. The first kappa shape index (κ1) is 129. The molecule has 0 aliphatic rings. The van der Waals surface area contributed by atoms with Gasteiger partial charge in [0.25, 0.3) is 0 Å². The fraction of sp³-hybridized carbons (Fsp3) is 0.446.